The Morgan fingerprint density at radius 1 is 1.24 bits per heavy atom. The molecule has 1 saturated heterocycles. The molecule has 9 heteroatoms. The first kappa shape index (κ1) is 24.9. The molecule has 1 aliphatic heterocycles. The summed E-state index contributed by atoms with van der Waals surface area (Å²) < 4.78 is 49.6. The molecule has 6 nitrogen and oxygen atoms in total. The van der Waals surface area contributed by atoms with Gasteiger partial charge in [-0.2, -0.15) is 13.2 Å². The van der Waals surface area contributed by atoms with Crippen molar-refractivity contribution in [2.24, 2.45) is 11.1 Å². The zero-order chi connectivity index (χ0) is 24.4. The SMILES string of the molecule is COc1ccc([C@@H]2CN(C(=O)CN)C[C@@]2(C)[C@@H](C)O)cc1OCc1ccc(C(F)(F)F)cc1. The van der Waals surface area contributed by atoms with E-state index in [1.54, 1.807) is 24.0 Å². The number of carbonyl (C=O) groups excluding carboxylic acids is 1. The molecule has 0 saturated carbocycles. The van der Waals surface area contributed by atoms with Gasteiger partial charge in [0.2, 0.25) is 5.91 Å². The Bertz CT molecular complexity index is 979. The van der Waals surface area contributed by atoms with Crippen LogP contribution in [0.15, 0.2) is 42.5 Å². The van der Waals surface area contributed by atoms with Gasteiger partial charge in [-0.25, -0.2) is 0 Å². The lowest BCUT2D eigenvalue weighted by molar-refractivity contribution is -0.137. The van der Waals surface area contributed by atoms with Crippen LogP contribution in [0.1, 0.15) is 36.5 Å². The highest BCUT2D eigenvalue weighted by atomic mass is 19.4. The van der Waals surface area contributed by atoms with Crippen molar-refractivity contribution in [3.63, 3.8) is 0 Å². The number of alkyl halides is 3. The van der Waals surface area contributed by atoms with Crippen molar-refractivity contribution in [3.05, 3.63) is 59.2 Å². The van der Waals surface area contributed by atoms with Crippen LogP contribution in [-0.4, -0.2) is 48.8 Å². The summed E-state index contributed by atoms with van der Waals surface area (Å²) in [5, 5.41) is 10.5. The second-order valence-electron chi connectivity index (χ2n) is 8.61. The average molecular weight is 467 g/mol. The van der Waals surface area contributed by atoms with Gasteiger partial charge in [0, 0.05) is 24.4 Å². The molecule has 0 aliphatic carbocycles. The summed E-state index contributed by atoms with van der Waals surface area (Å²) in [6.07, 6.45) is -5.08. The molecule has 0 unspecified atom stereocenters. The molecule has 180 valence electrons. The smallest absolute Gasteiger partial charge is 0.416 e. The number of hydrogen-bond acceptors (Lipinski definition) is 5. The second kappa shape index (κ2) is 9.61. The van der Waals surface area contributed by atoms with Crippen LogP contribution in [-0.2, 0) is 17.6 Å². The minimum atomic E-state index is -4.39. The molecule has 1 aliphatic rings. The van der Waals surface area contributed by atoms with E-state index in [-0.39, 0.29) is 25.0 Å². The first-order chi connectivity index (χ1) is 15.5. The van der Waals surface area contributed by atoms with Crippen LogP contribution in [0.25, 0.3) is 0 Å². The number of carbonyl (C=O) groups is 1. The van der Waals surface area contributed by atoms with Crippen LogP contribution in [0.3, 0.4) is 0 Å². The number of likely N-dealkylation sites (tertiary alicyclic amines) is 1. The molecule has 0 radical (unpaired) electrons. The number of amides is 1. The van der Waals surface area contributed by atoms with Crippen LogP contribution in [0.4, 0.5) is 13.2 Å². The highest BCUT2D eigenvalue weighted by molar-refractivity contribution is 5.78. The molecule has 0 bridgehead atoms. The first-order valence-corrected chi connectivity index (χ1v) is 10.6. The summed E-state index contributed by atoms with van der Waals surface area (Å²) in [6.45, 7) is 4.36. The average Bonchev–Trinajstić information content (AvgIpc) is 3.15. The van der Waals surface area contributed by atoms with Crippen molar-refractivity contribution in [1.82, 2.24) is 4.90 Å². The van der Waals surface area contributed by atoms with E-state index in [2.05, 4.69) is 0 Å². The van der Waals surface area contributed by atoms with E-state index in [1.165, 1.54) is 19.2 Å². The van der Waals surface area contributed by atoms with Gasteiger partial charge in [0.15, 0.2) is 11.5 Å². The van der Waals surface area contributed by atoms with Crippen LogP contribution in [0.2, 0.25) is 0 Å². The van der Waals surface area contributed by atoms with Gasteiger partial charge >= 0.3 is 6.18 Å². The molecule has 0 aromatic heterocycles. The summed E-state index contributed by atoms with van der Waals surface area (Å²) in [5.41, 5.74) is 5.65. The number of aliphatic hydroxyl groups excluding tert-OH is 1. The molecule has 3 N–H and O–H groups in total. The first-order valence-electron chi connectivity index (χ1n) is 10.6. The fourth-order valence-corrected chi connectivity index (χ4v) is 4.22. The molecule has 2 aromatic carbocycles. The van der Waals surface area contributed by atoms with E-state index >= 15 is 0 Å². The summed E-state index contributed by atoms with van der Waals surface area (Å²) in [7, 11) is 1.50. The number of aliphatic hydroxyl groups is 1. The number of nitrogens with zero attached hydrogens (tertiary/aromatic N) is 1. The number of ether oxygens (including phenoxy) is 2. The zero-order valence-corrected chi connectivity index (χ0v) is 18.9. The monoisotopic (exact) mass is 466 g/mol. The lowest BCUT2D eigenvalue weighted by Gasteiger charge is -2.33. The Labute approximate surface area is 191 Å². The van der Waals surface area contributed by atoms with Gasteiger partial charge in [0.05, 0.1) is 25.3 Å². The van der Waals surface area contributed by atoms with E-state index in [0.717, 1.165) is 17.7 Å². The third-order valence-electron chi connectivity index (χ3n) is 6.48. The number of methoxy groups -OCH3 is 1. The molecule has 3 atom stereocenters. The number of halogens is 3. The Balaban J connectivity index is 1.85. The molecule has 0 spiro atoms. The Morgan fingerprint density at radius 3 is 2.45 bits per heavy atom. The fourth-order valence-electron chi connectivity index (χ4n) is 4.22. The Morgan fingerprint density at radius 2 is 1.91 bits per heavy atom. The van der Waals surface area contributed by atoms with Crippen LogP contribution < -0.4 is 15.2 Å². The highest BCUT2D eigenvalue weighted by Crippen LogP contribution is 2.46. The molecular formula is C24H29F3N2O4. The summed E-state index contributed by atoms with van der Waals surface area (Å²) >= 11 is 0. The van der Waals surface area contributed by atoms with Crippen molar-refractivity contribution in [2.75, 3.05) is 26.7 Å². The number of benzene rings is 2. The van der Waals surface area contributed by atoms with Gasteiger partial charge in [0.25, 0.3) is 0 Å². The van der Waals surface area contributed by atoms with Gasteiger partial charge in [-0.05, 0) is 42.3 Å². The topological polar surface area (TPSA) is 85.0 Å². The highest BCUT2D eigenvalue weighted by Gasteiger charge is 2.48. The lowest BCUT2D eigenvalue weighted by Crippen LogP contribution is -2.39. The van der Waals surface area contributed by atoms with E-state index in [0.29, 0.717) is 30.2 Å². The van der Waals surface area contributed by atoms with Gasteiger partial charge in [0.1, 0.15) is 6.61 Å². The molecule has 33 heavy (non-hydrogen) atoms. The quantitative estimate of drug-likeness (QED) is 0.652. The van der Waals surface area contributed by atoms with Crippen molar-refractivity contribution >= 4 is 5.91 Å². The predicted octanol–water partition coefficient (Wildman–Crippen LogP) is 3.56. The predicted molar refractivity (Wildman–Crippen MR) is 117 cm³/mol. The zero-order valence-electron chi connectivity index (χ0n) is 18.9. The fraction of sp³-hybridized carbons (Fsp3) is 0.458. The Hall–Kier alpha value is -2.78. The molecule has 3 rings (SSSR count). The van der Waals surface area contributed by atoms with E-state index in [9.17, 15) is 23.1 Å². The lowest BCUT2D eigenvalue weighted by atomic mass is 9.72. The molecular weight excluding hydrogens is 437 g/mol. The van der Waals surface area contributed by atoms with Crippen molar-refractivity contribution in [3.8, 4) is 11.5 Å². The maximum Gasteiger partial charge on any atom is 0.416 e. The number of rotatable bonds is 7. The second-order valence-corrected chi connectivity index (χ2v) is 8.61. The standard InChI is InChI=1S/C24H29F3N2O4/c1-15(30)23(2)14-29(22(31)11-28)12-19(23)17-6-9-20(32-3)21(10-17)33-13-16-4-7-18(8-5-16)24(25,26)27/h4-10,15,19,30H,11-14,28H2,1-3H3/t15-,19+,23+/m1/s1. The van der Waals surface area contributed by atoms with Crippen LogP contribution in [0.5, 0.6) is 11.5 Å². The Kier molecular flexibility index (Phi) is 7.23. The van der Waals surface area contributed by atoms with Crippen molar-refractivity contribution in [1.29, 1.82) is 0 Å². The van der Waals surface area contributed by atoms with Crippen molar-refractivity contribution < 1.29 is 32.5 Å². The van der Waals surface area contributed by atoms with Gasteiger partial charge in [-0.3, -0.25) is 4.79 Å². The summed E-state index contributed by atoms with van der Waals surface area (Å²) in [5.74, 6) is 0.535. The molecule has 1 amide bonds. The largest absolute Gasteiger partial charge is 0.493 e. The number of hydrogen-bond donors (Lipinski definition) is 2. The number of nitrogens with two attached hydrogens (primary N) is 1. The van der Waals surface area contributed by atoms with Crippen molar-refractivity contribution in [2.45, 2.75) is 38.7 Å². The minimum Gasteiger partial charge on any atom is -0.493 e. The summed E-state index contributed by atoms with van der Waals surface area (Å²) in [4.78, 5) is 13.9. The van der Waals surface area contributed by atoms with Gasteiger partial charge in [-0.1, -0.05) is 25.1 Å². The van der Waals surface area contributed by atoms with E-state index in [1.807, 2.05) is 13.0 Å². The maximum atomic E-state index is 12.8. The normalized spacial score (nSPS) is 21.7. The third kappa shape index (κ3) is 5.25. The third-order valence-corrected chi connectivity index (χ3v) is 6.48. The molecule has 1 heterocycles. The van der Waals surface area contributed by atoms with Crippen LogP contribution in [0, 0.1) is 5.41 Å². The van der Waals surface area contributed by atoms with Gasteiger partial charge in [-0.15, -0.1) is 0 Å². The molecule has 1 fully saturated rings. The van der Waals surface area contributed by atoms with Gasteiger partial charge < -0.3 is 25.2 Å². The van der Waals surface area contributed by atoms with E-state index < -0.39 is 23.3 Å². The minimum absolute atomic E-state index is 0.0497. The van der Waals surface area contributed by atoms with E-state index in [4.69, 9.17) is 15.2 Å². The summed E-state index contributed by atoms with van der Waals surface area (Å²) in [6, 6.07) is 10.2. The maximum absolute atomic E-state index is 12.8. The molecule has 2 aromatic rings. The van der Waals surface area contributed by atoms with Crippen LogP contribution >= 0.6 is 0 Å².